The normalized spacial score (nSPS) is 10.2. The molecule has 6 nitrogen and oxygen atoms in total. The summed E-state index contributed by atoms with van der Waals surface area (Å²) in [6.07, 6.45) is 0.733. The van der Waals surface area contributed by atoms with Crippen molar-refractivity contribution in [1.82, 2.24) is 4.90 Å². The van der Waals surface area contributed by atoms with Crippen LogP contribution in [0.3, 0.4) is 0 Å². The van der Waals surface area contributed by atoms with Crippen LogP contribution in [-0.4, -0.2) is 43.5 Å². The van der Waals surface area contributed by atoms with Gasteiger partial charge in [-0.15, -0.1) is 0 Å². The number of para-hydroxylation sites is 1. The summed E-state index contributed by atoms with van der Waals surface area (Å²) in [5, 5.41) is 0. The molecule has 6 heteroatoms. The first-order chi connectivity index (χ1) is 12.5. The van der Waals surface area contributed by atoms with Crippen molar-refractivity contribution in [3.63, 3.8) is 0 Å². The highest BCUT2D eigenvalue weighted by molar-refractivity contribution is 5.94. The predicted molar refractivity (Wildman–Crippen MR) is 99.4 cm³/mol. The zero-order chi connectivity index (χ0) is 18.9. The molecule has 0 spiro atoms. The molecule has 2 rings (SSSR count). The molecule has 0 unspecified atom stereocenters. The van der Waals surface area contributed by atoms with Crippen LogP contribution < -0.4 is 15.2 Å². The van der Waals surface area contributed by atoms with Gasteiger partial charge in [0.1, 0.15) is 11.5 Å². The number of ether oxygens (including phenoxy) is 2. The van der Waals surface area contributed by atoms with Gasteiger partial charge in [0, 0.05) is 19.2 Å². The molecule has 0 bridgehead atoms. The molecule has 0 atom stereocenters. The number of nitrogens with two attached hydrogens (primary N) is 1. The van der Waals surface area contributed by atoms with Crippen LogP contribution in [0.1, 0.15) is 22.3 Å². The Morgan fingerprint density at radius 1 is 1.04 bits per heavy atom. The van der Waals surface area contributed by atoms with Crippen LogP contribution in [0.4, 0.5) is 0 Å². The molecule has 0 aliphatic carbocycles. The van der Waals surface area contributed by atoms with E-state index in [1.807, 2.05) is 31.2 Å². The molecular formula is C20H24N2O4. The minimum Gasteiger partial charge on any atom is -0.493 e. The van der Waals surface area contributed by atoms with Crippen LogP contribution in [0.25, 0.3) is 0 Å². The van der Waals surface area contributed by atoms with Gasteiger partial charge in [0.05, 0.1) is 6.61 Å². The van der Waals surface area contributed by atoms with E-state index in [9.17, 15) is 9.59 Å². The zero-order valence-corrected chi connectivity index (χ0v) is 15.1. The third kappa shape index (κ3) is 5.81. The van der Waals surface area contributed by atoms with Crippen molar-refractivity contribution in [2.24, 2.45) is 5.73 Å². The van der Waals surface area contributed by atoms with Gasteiger partial charge in [-0.3, -0.25) is 9.59 Å². The molecule has 0 aliphatic rings. The van der Waals surface area contributed by atoms with Crippen LogP contribution in [0.15, 0.2) is 48.5 Å². The lowest BCUT2D eigenvalue weighted by molar-refractivity contribution is -0.119. The number of nitrogens with zero attached hydrogens (tertiary/aromatic N) is 1. The van der Waals surface area contributed by atoms with Crippen molar-refractivity contribution in [3.8, 4) is 11.5 Å². The van der Waals surface area contributed by atoms with Crippen LogP contribution in [0.5, 0.6) is 11.5 Å². The van der Waals surface area contributed by atoms with E-state index < -0.39 is 5.91 Å². The Labute approximate surface area is 153 Å². The molecule has 0 aliphatic heterocycles. The number of rotatable bonds is 9. The van der Waals surface area contributed by atoms with E-state index in [-0.39, 0.29) is 12.5 Å². The van der Waals surface area contributed by atoms with Crippen LogP contribution >= 0.6 is 0 Å². The maximum absolute atomic E-state index is 12.4. The van der Waals surface area contributed by atoms with Crippen molar-refractivity contribution in [3.05, 3.63) is 59.7 Å². The SMILES string of the molecule is Cc1ccccc1OCCCN(C)C(=O)c1ccc(OCC(N)=O)cc1. The summed E-state index contributed by atoms with van der Waals surface area (Å²) < 4.78 is 10.9. The zero-order valence-electron chi connectivity index (χ0n) is 15.1. The smallest absolute Gasteiger partial charge is 0.255 e. The minimum atomic E-state index is -0.544. The molecule has 0 radical (unpaired) electrons. The lowest BCUT2D eigenvalue weighted by Crippen LogP contribution is -2.28. The maximum Gasteiger partial charge on any atom is 0.255 e. The van der Waals surface area contributed by atoms with Crippen LogP contribution in [-0.2, 0) is 4.79 Å². The summed E-state index contributed by atoms with van der Waals surface area (Å²) >= 11 is 0. The van der Waals surface area contributed by atoms with Gasteiger partial charge in [0.2, 0.25) is 0 Å². The highest BCUT2D eigenvalue weighted by atomic mass is 16.5. The third-order valence-electron chi connectivity index (χ3n) is 3.82. The maximum atomic E-state index is 12.4. The van der Waals surface area contributed by atoms with E-state index >= 15 is 0 Å². The molecule has 2 amide bonds. The van der Waals surface area contributed by atoms with Gasteiger partial charge in [0.15, 0.2) is 6.61 Å². The molecule has 0 aromatic heterocycles. The number of benzene rings is 2. The number of amides is 2. The number of primary amides is 1. The molecule has 0 heterocycles. The topological polar surface area (TPSA) is 81.9 Å². The van der Waals surface area contributed by atoms with Crippen LogP contribution in [0, 0.1) is 6.92 Å². The Kier molecular flexibility index (Phi) is 7.02. The van der Waals surface area contributed by atoms with E-state index in [1.54, 1.807) is 36.2 Å². The van der Waals surface area contributed by atoms with Crippen molar-refractivity contribution >= 4 is 11.8 Å². The highest BCUT2D eigenvalue weighted by Crippen LogP contribution is 2.16. The quantitative estimate of drug-likeness (QED) is 0.700. The molecule has 0 saturated heterocycles. The van der Waals surface area contributed by atoms with Gasteiger partial charge in [-0.05, 0) is 49.2 Å². The van der Waals surface area contributed by atoms with Gasteiger partial charge in [-0.2, -0.15) is 0 Å². The van der Waals surface area contributed by atoms with Gasteiger partial charge in [-0.1, -0.05) is 18.2 Å². The van der Waals surface area contributed by atoms with E-state index in [4.69, 9.17) is 15.2 Å². The Morgan fingerprint density at radius 3 is 2.38 bits per heavy atom. The first kappa shape index (κ1) is 19.3. The summed E-state index contributed by atoms with van der Waals surface area (Å²) in [7, 11) is 1.76. The second-order valence-corrected chi connectivity index (χ2v) is 5.97. The number of hydrogen-bond acceptors (Lipinski definition) is 4. The molecule has 0 fully saturated rings. The highest BCUT2D eigenvalue weighted by Gasteiger charge is 2.11. The fourth-order valence-corrected chi connectivity index (χ4v) is 2.37. The molecule has 0 saturated carbocycles. The molecule has 2 aromatic carbocycles. The van der Waals surface area contributed by atoms with E-state index in [1.165, 1.54) is 0 Å². The summed E-state index contributed by atoms with van der Waals surface area (Å²) in [5.74, 6) is 0.739. The Hall–Kier alpha value is -3.02. The third-order valence-corrected chi connectivity index (χ3v) is 3.82. The lowest BCUT2D eigenvalue weighted by atomic mass is 10.2. The van der Waals surface area contributed by atoms with E-state index in [0.717, 1.165) is 17.7 Å². The number of carbonyl (C=O) groups is 2. The van der Waals surface area contributed by atoms with Crippen molar-refractivity contribution in [2.45, 2.75) is 13.3 Å². The standard InChI is InChI=1S/C20H24N2O4/c1-15-6-3-4-7-18(15)25-13-5-12-22(2)20(24)16-8-10-17(11-9-16)26-14-19(21)23/h3-4,6-11H,5,12-14H2,1-2H3,(H2,21,23). The van der Waals surface area contributed by atoms with Gasteiger partial charge < -0.3 is 20.1 Å². The molecule has 26 heavy (non-hydrogen) atoms. The first-order valence-corrected chi connectivity index (χ1v) is 8.42. The molecule has 138 valence electrons. The predicted octanol–water partition coefficient (Wildman–Crippen LogP) is 2.40. The van der Waals surface area contributed by atoms with Gasteiger partial charge in [-0.25, -0.2) is 0 Å². The largest absolute Gasteiger partial charge is 0.493 e. The molecule has 2 N–H and O–H groups in total. The summed E-state index contributed by atoms with van der Waals surface area (Å²) in [5.41, 5.74) is 6.67. The van der Waals surface area contributed by atoms with Crippen molar-refractivity contribution < 1.29 is 19.1 Å². The Bertz CT molecular complexity index is 744. The van der Waals surface area contributed by atoms with Crippen molar-refractivity contribution in [1.29, 1.82) is 0 Å². The fraction of sp³-hybridized carbons (Fsp3) is 0.300. The first-order valence-electron chi connectivity index (χ1n) is 8.42. The second-order valence-electron chi connectivity index (χ2n) is 5.97. The van der Waals surface area contributed by atoms with Gasteiger partial charge >= 0.3 is 0 Å². The Balaban J connectivity index is 1.78. The van der Waals surface area contributed by atoms with Crippen molar-refractivity contribution in [2.75, 3.05) is 26.8 Å². The lowest BCUT2D eigenvalue weighted by Gasteiger charge is -2.18. The summed E-state index contributed by atoms with van der Waals surface area (Å²) in [6.45, 7) is 2.95. The number of carbonyl (C=O) groups excluding carboxylic acids is 2. The average molecular weight is 356 g/mol. The summed E-state index contributed by atoms with van der Waals surface area (Å²) in [4.78, 5) is 24.8. The molecular weight excluding hydrogens is 332 g/mol. The summed E-state index contributed by atoms with van der Waals surface area (Å²) in [6, 6.07) is 14.5. The van der Waals surface area contributed by atoms with Gasteiger partial charge in [0.25, 0.3) is 11.8 Å². The number of aryl methyl sites for hydroxylation is 1. The number of hydrogen-bond donors (Lipinski definition) is 1. The average Bonchev–Trinajstić information content (AvgIpc) is 2.64. The second kappa shape index (κ2) is 9.46. The van der Waals surface area contributed by atoms with Crippen LogP contribution in [0.2, 0.25) is 0 Å². The molecule has 2 aromatic rings. The fourth-order valence-electron chi connectivity index (χ4n) is 2.37. The monoisotopic (exact) mass is 356 g/mol. The van der Waals surface area contributed by atoms with E-state index in [0.29, 0.717) is 24.5 Å². The minimum absolute atomic E-state index is 0.0812. The van der Waals surface area contributed by atoms with E-state index in [2.05, 4.69) is 0 Å². The Morgan fingerprint density at radius 2 is 1.73 bits per heavy atom.